The summed E-state index contributed by atoms with van der Waals surface area (Å²) in [7, 11) is -1.92. The van der Waals surface area contributed by atoms with E-state index in [4.69, 9.17) is 0 Å². The minimum Gasteiger partial charge on any atom is -0.364 e. The Kier molecular flexibility index (Phi) is 5.29. The van der Waals surface area contributed by atoms with E-state index in [-0.39, 0.29) is 23.7 Å². The van der Waals surface area contributed by atoms with Gasteiger partial charge in [0.15, 0.2) is 5.82 Å². The Hall–Kier alpha value is -1.41. The van der Waals surface area contributed by atoms with Gasteiger partial charge in [-0.15, -0.1) is 0 Å². The quantitative estimate of drug-likeness (QED) is 0.706. The molecule has 0 fully saturated rings. The molecule has 0 saturated carbocycles. The van der Waals surface area contributed by atoms with Crippen molar-refractivity contribution in [3.05, 3.63) is 22.7 Å². The number of anilines is 1. The molecule has 18 heavy (non-hydrogen) atoms. The Morgan fingerprint density at radius 3 is 2.78 bits per heavy atom. The maximum atomic E-state index is 11.9. The van der Waals surface area contributed by atoms with E-state index in [2.05, 4.69) is 15.0 Å². The second kappa shape index (κ2) is 6.50. The normalized spacial score (nSPS) is 11.4. The zero-order valence-electron chi connectivity index (χ0n) is 10.5. The predicted octanol–water partition coefficient (Wildman–Crippen LogP) is -0.386. The van der Waals surface area contributed by atoms with Gasteiger partial charge in [0.05, 0.1) is 5.75 Å². The largest absolute Gasteiger partial charge is 0.364 e. The minimum atomic E-state index is -3.27. The van der Waals surface area contributed by atoms with Crippen LogP contribution in [-0.2, 0) is 16.6 Å². The fourth-order valence-electron chi connectivity index (χ4n) is 1.39. The van der Waals surface area contributed by atoms with Crippen LogP contribution in [0.15, 0.2) is 17.2 Å². The molecule has 7 nitrogen and oxygen atoms in total. The number of sulfonamides is 1. The van der Waals surface area contributed by atoms with Crippen molar-refractivity contribution < 1.29 is 8.42 Å². The topological polar surface area (TPSA) is 93.1 Å². The molecule has 0 amide bonds. The molecule has 1 aromatic rings. The number of aromatic nitrogens is 2. The van der Waals surface area contributed by atoms with E-state index < -0.39 is 10.0 Å². The van der Waals surface area contributed by atoms with Gasteiger partial charge in [-0.2, -0.15) is 0 Å². The summed E-state index contributed by atoms with van der Waals surface area (Å²) < 4.78 is 26.1. The summed E-state index contributed by atoms with van der Waals surface area (Å²) >= 11 is 0. The van der Waals surface area contributed by atoms with Crippen molar-refractivity contribution in [3.63, 3.8) is 0 Å². The molecule has 0 unspecified atom stereocenters. The highest BCUT2D eigenvalue weighted by Gasteiger charge is 2.08. The van der Waals surface area contributed by atoms with Crippen molar-refractivity contribution in [1.82, 2.24) is 14.3 Å². The highest BCUT2D eigenvalue weighted by molar-refractivity contribution is 7.89. The van der Waals surface area contributed by atoms with E-state index in [0.717, 1.165) is 6.42 Å². The number of hydrogen-bond acceptors (Lipinski definition) is 5. The molecular weight excluding hydrogens is 256 g/mol. The minimum absolute atomic E-state index is 0.104. The monoisotopic (exact) mass is 274 g/mol. The molecule has 0 spiro atoms. The Bertz CT molecular complexity index is 538. The summed E-state index contributed by atoms with van der Waals surface area (Å²) in [6.45, 7) is 2.73. The molecule has 0 saturated heterocycles. The van der Waals surface area contributed by atoms with Crippen molar-refractivity contribution in [3.8, 4) is 0 Å². The van der Waals surface area contributed by atoms with E-state index in [1.165, 1.54) is 13.2 Å². The van der Waals surface area contributed by atoms with Gasteiger partial charge in [0.1, 0.15) is 0 Å². The number of nitrogens with one attached hydrogen (secondary N) is 2. The van der Waals surface area contributed by atoms with Crippen LogP contribution in [0.2, 0.25) is 0 Å². The zero-order valence-corrected chi connectivity index (χ0v) is 11.3. The first-order chi connectivity index (χ1) is 8.50. The number of nitrogens with zero attached hydrogens (tertiary/aromatic N) is 2. The summed E-state index contributed by atoms with van der Waals surface area (Å²) in [4.78, 5) is 15.8. The first-order valence-electron chi connectivity index (χ1n) is 5.70. The average Bonchev–Trinajstić information content (AvgIpc) is 2.34. The molecule has 0 atom stereocenters. The molecule has 1 aromatic heterocycles. The highest BCUT2D eigenvalue weighted by atomic mass is 32.2. The van der Waals surface area contributed by atoms with Crippen molar-refractivity contribution in [2.75, 3.05) is 24.7 Å². The molecule has 0 aliphatic heterocycles. The van der Waals surface area contributed by atoms with Crippen LogP contribution in [0.5, 0.6) is 0 Å². The maximum absolute atomic E-state index is 11.9. The second-order valence-electron chi connectivity index (χ2n) is 3.72. The third-order valence-electron chi connectivity index (χ3n) is 2.35. The Balaban J connectivity index is 2.69. The first-order valence-corrected chi connectivity index (χ1v) is 7.36. The van der Waals surface area contributed by atoms with Gasteiger partial charge in [0.2, 0.25) is 10.0 Å². The lowest BCUT2D eigenvalue weighted by molar-refractivity contribution is 0.588. The SMILES string of the molecule is CCCn1ccnc(NCCS(=O)(=O)NC)c1=O. The summed E-state index contributed by atoms with van der Waals surface area (Å²) in [5.74, 6) is 0.0741. The summed E-state index contributed by atoms with van der Waals surface area (Å²) in [6.07, 6.45) is 3.98. The predicted molar refractivity (Wildman–Crippen MR) is 70.1 cm³/mol. The third-order valence-corrected chi connectivity index (χ3v) is 3.72. The molecule has 0 aliphatic rings. The van der Waals surface area contributed by atoms with E-state index >= 15 is 0 Å². The van der Waals surface area contributed by atoms with E-state index in [9.17, 15) is 13.2 Å². The van der Waals surface area contributed by atoms with Crippen LogP contribution < -0.4 is 15.6 Å². The molecule has 0 radical (unpaired) electrons. The van der Waals surface area contributed by atoms with E-state index in [1.54, 1.807) is 10.8 Å². The Labute approximate surface area is 106 Å². The van der Waals surface area contributed by atoms with Gasteiger partial charge in [-0.25, -0.2) is 18.1 Å². The molecule has 2 N–H and O–H groups in total. The van der Waals surface area contributed by atoms with Crippen LogP contribution in [0, 0.1) is 0 Å². The summed E-state index contributed by atoms with van der Waals surface area (Å²) in [6, 6.07) is 0. The molecule has 0 bridgehead atoms. The van der Waals surface area contributed by atoms with Crippen LogP contribution in [0.25, 0.3) is 0 Å². The van der Waals surface area contributed by atoms with Crippen LogP contribution >= 0.6 is 0 Å². The molecule has 102 valence electrons. The fraction of sp³-hybridized carbons (Fsp3) is 0.600. The van der Waals surface area contributed by atoms with Gasteiger partial charge < -0.3 is 9.88 Å². The standard InChI is InChI=1S/C10H18N4O3S/c1-3-6-14-7-4-12-9(10(14)15)13-5-8-18(16,17)11-2/h4,7,11H,3,5-6,8H2,1-2H3,(H,12,13). The Morgan fingerprint density at radius 1 is 1.44 bits per heavy atom. The van der Waals surface area contributed by atoms with Gasteiger partial charge >= 0.3 is 0 Å². The van der Waals surface area contributed by atoms with Crippen LogP contribution in [0.1, 0.15) is 13.3 Å². The highest BCUT2D eigenvalue weighted by Crippen LogP contribution is 1.94. The molecule has 0 aliphatic carbocycles. The van der Waals surface area contributed by atoms with Crippen LogP contribution in [0.3, 0.4) is 0 Å². The lowest BCUT2D eigenvalue weighted by atomic mass is 10.4. The lowest BCUT2D eigenvalue weighted by Crippen LogP contribution is -2.29. The van der Waals surface area contributed by atoms with Gasteiger partial charge in [-0.05, 0) is 13.5 Å². The first kappa shape index (κ1) is 14.7. The van der Waals surface area contributed by atoms with E-state index in [1.807, 2.05) is 6.92 Å². The number of hydrogen-bond donors (Lipinski definition) is 2. The Morgan fingerprint density at radius 2 is 2.17 bits per heavy atom. The van der Waals surface area contributed by atoms with Crippen molar-refractivity contribution in [2.45, 2.75) is 19.9 Å². The van der Waals surface area contributed by atoms with Crippen molar-refractivity contribution in [2.24, 2.45) is 0 Å². The molecule has 0 aromatic carbocycles. The zero-order chi connectivity index (χ0) is 13.6. The van der Waals surface area contributed by atoms with Gasteiger partial charge in [-0.1, -0.05) is 6.92 Å². The molecule has 1 heterocycles. The summed E-state index contributed by atoms with van der Waals surface area (Å²) in [5, 5.41) is 2.74. The smallest absolute Gasteiger partial charge is 0.293 e. The van der Waals surface area contributed by atoms with E-state index in [0.29, 0.717) is 6.54 Å². The fourth-order valence-corrected chi connectivity index (χ4v) is 1.97. The maximum Gasteiger partial charge on any atom is 0.293 e. The average molecular weight is 274 g/mol. The number of rotatable bonds is 7. The molecular formula is C10H18N4O3S. The van der Waals surface area contributed by atoms with Crippen LogP contribution in [0.4, 0.5) is 5.82 Å². The van der Waals surface area contributed by atoms with Gasteiger partial charge in [-0.3, -0.25) is 4.79 Å². The second-order valence-corrected chi connectivity index (χ2v) is 5.77. The van der Waals surface area contributed by atoms with Crippen molar-refractivity contribution >= 4 is 15.8 Å². The van der Waals surface area contributed by atoms with Gasteiger partial charge in [0, 0.05) is 25.5 Å². The third kappa shape index (κ3) is 4.11. The van der Waals surface area contributed by atoms with Crippen molar-refractivity contribution in [1.29, 1.82) is 0 Å². The number of aryl methyl sites for hydroxylation is 1. The van der Waals surface area contributed by atoms with Crippen LogP contribution in [-0.4, -0.2) is 37.3 Å². The summed E-state index contributed by atoms with van der Waals surface area (Å²) in [5.41, 5.74) is -0.235. The molecule has 8 heteroatoms. The lowest BCUT2D eigenvalue weighted by Gasteiger charge is -2.08. The molecule has 1 rings (SSSR count). The van der Waals surface area contributed by atoms with Gasteiger partial charge in [0.25, 0.3) is 5.56 Å².